The molecule has 0 aromatic rings. The molecule has 1 atom stereocenters. The van der Waals surface area contributed by atoms with Gasteiger partial charge < -0.3 is 14.2 Å². The number of ether oxygens (including phenoxy) is 3. The Bertz CT molecular complexity index is 1500. The Morgan fingerprint density at radius 3 is 0.793 bits per heavy atom. The lowest BCUT2D eigenvalue weighted by Gasteiger charge is -2.18. The van der Waals surface area contributed by atoms with Gasteiger partial charge in [-0.3, -0.25) is 14.4 Å². The molecule has 82 heavy (non-hydrogen) atoms. The van der Waals surface area contributed by atoms with Gasteiger partial charge >= 0.3 is 17.9 Å². The van der Waals surface area contributed by atoms with E-state index in [1.165, 1.54) is 250 Å². The molecule has 0 aliphatic heterocycles. The van der Waals surface area contributed by atoms with Crippen LogP contribution in [0.5, 0.6) is 0 Å². The second-order valence-electron chi connectivity index (χ2n) is 24.1. The fraction of sp³-hybridized carbons (Fsp3) is 0.803. The highest BCUT2D eigenvalue weighted by atomic mass is 16.6. The summed E-state index contributed by atoms with van der Waals surface area (Å²) < 4.78 is 16.9. The summed E-state index contributed by atoms with van der Waals surface area (Å²) in [7, 11) is 0. The maximum absolute atomic E-state index is 12.9. The van der Waals surface area contributed by atoms with E-state index in [0.717, 1.165) is 77.0 Å². The zero-order valence-corrected chi connectivity index (χ0v) is 54.8. The molecule has 6 nitrogen and oxygen atoms in total. The average molecular weight is 1150 g/mol. The van der Waals surface area contributed by atoms with Crippen molar-refractivity contribution in [3.8, 4) is 0 Å². The third kappa shape index (κ3) is 67.6. The van der Waals surface area contributed by atoms with Crippen molar-refractivity contribution in [1.82, 2.24) is 0 Å². The Hall–Kier alpha value is -3.15. The molecule has 0 heterocycles. The van der Waals surface area contributed by atoms with Crippen LogP contribution in [0.1, 0.15) is 374 Å². The van der Waals surface area contributed by atoms with Crippen LogP contribution < -0.4 is 0 Å². The molecule has 0 aromatic carbocycles. The minimum Gasteiger partial charge on any atom is -0.462 e. The largest absolute Gasteiger partial charge is 0.462 e. The third-order valence-electron chi connectivity index (χ3n) is 15.9. The van der Waals surface area contributed by atoms with Gasteiger partial charge in [0.2, 0.25) is 0 Å². The fourth-order valence-corrected chi connectivity index (χ4v) is 10.6. The molecule has 0 aromatic heterocycles. The second kappa shape index (κ2) is 70.3. The van der Waals surface area contributed by atoms with Crippen LogP contribution in [0.3, 0.4) is 0 Å². The minimum absolute atomic E-state index is 0.0935. The molecule has 0 fully saturated rings. The van der Waals surface area contributed by atoms with Gasteiger partial charge in [-0.05, 0) is 83.5 Å². The number of hydrogen-bond acceptors (Lipinski definition) is 6. The van der Waals surface area contributed by atoms with E-state index in [4.69, 9.17) is 14.2 Å². The summed E-state index contributed by atoms with van der Waals surface area (Å²) in [5.74, 6) is -0.930. The summed E-state index contributed by atoms with van der Waals surface area (Å²) in [6.45, 7) is 6.54. The van der Waals surface area contributed by atoms with Crippen molar-refractivity contribution >= 4 is 17.9 Å². The van der Waals surface area contributed by atoms with E-state index < -0.39 is 6.10 Å². The Kier molecular flexibility index (Phi) is 67.6. The van der Waals surface area contributed by atoms with Crippen molar-refractivity contribution in [3.05, 3.63) is 72.9 Å². The molecule has 476 valence electrons. The maximum atomic E-state index is 12.9. The molecule has 0 aliphatic carbocycles. The van der Waals surface area contributed by atoms with Crippen LogP contribution in [0.25, 0.3) is 0 Å². The molecule has 0 radical (unpaired) electrons. The molecule has 0 spiro atoms. The molecule has 0 bridgehead atoms. The fourth-order valence-electron chi connectivity index (χ4n) is 10.6. The Labute approximate surface area is 510 Å². The molecule has 0 saturated heterocycles. The quantitative estimate of drug-likeness (QED) is 0.0261. The van der Waals surface area contributed by atoms with E-state index in [2.05, 4.69) is 93.7 Å². The van der Waals surface area contributed by atoms with E-state index in [0.29, 0.717) is 19.3 Å². The summed E-state index contributed by atoms with van der Waals surface area (Å²) >= 11 is 0. The summed E-state index contributed by atoms with van der Waals surface area (Å²) in [4.78, 5) is 38.4. The first-order valence-corrected chi connectivity index (χ1v) is 35.9. The molecular weight excluding hydrogens is 1010 g/mol. The smallest absolute Gasteiger partial charge is 0.306 e. The standard InChI is InChI=1S/C76H136O6/c1-4-7-10-13-16-19-22-25-28-31-32-33-34-35-36-37-38-39-40-41-42-43-44-46-48-51-54-57-60-63-66-69-75(78)81-72-73(71-80-74(77)68-65-62-59-56-53-50-47-30-27-24-21-18-15-12-9-6-3)82-76(79)70-67-64-61-58-55-52-49-45-29-26-23-20-17-14-11-8-5-2/h8,11,17,20,26,29,31-32,49,52,58,61,73H,4-7,9-10,12-16,18-19,21-25,27-28,30,33-48,50-51,53-57,59-60,62-72H2,1-3H3/b11-8-,20-17-,29-26-,32-31-,52-49-,61-58-. The molecule has 0 amide bonds. The lowest BCUT2D eigenvalue weighted by molar-refractivity contribution is -0.167. The van der Waals surface area contributed by atoms with Crippen molar-refractivity contribution < 1.29 is 28.6 Å². The number of hydrogen-bond donors (Lipinski definition) is 0. The summed E-state index contributed by atoms with van der Waals surface area (Å²) in [5, 5.41) is 0. The first-order valence-electron chi connectivity index (χ1n) is 35.9. The normalized spacial score (nSPS) is 12.5. The van der Waals surface area contributed by atoms with Crippen LogP contribution in [0.15, 0.2) is 72.9 Å². The first kappa shape index (κ1) is 78.8. The first-order chi connectivity index (χ1) is 40.5. The third-order valence-corrected chi connectivity index (χ3v) is 15.9. The Morgan fingerprint density at radius 1 is 0.256 bits per heavy atom. The van der Waals surface area contributed by atoms with Gasteiger partial charge in [0.15, 0.2) is 6.10 Å². The summed E-state index contributed by atoms with van der Waals surface area (Å²) in [6.07, 6.45) is 92.4. The predicted octanol–water partition coefficient (Wildman–Crippen LogP) is 24.8. The molecule has 1 unspecified atom stereocenters. The van der Waals surface area contributed by atoms with Gasteiger partial charge in [0, 0.05) is 19.3 Å². The van der Waals surface area contributed by atoms with Gasteiger partial charge in [-0.25, -0.2) is 0 Å². The highest BCUT2D eigenvalue weighted by Gasteiger charge is 2.19. The lowest BCUT2D eigenvalue weighted by Crippen LogP contribution is -2.30. The van der Waals surface area contributed by atoms with E-state index in [1.807, 2.05) is 0 Å². The van der Waals surface area contributed by atoms with Gasteiger partial charge in [0.25, 0.3) is 0 Å². The van der Waals surface area contributed by atoms with Crippen molar-refractivity contribution in [3.63, 3.8) is 0 Å². The van der Waals surface area contributed by atoms with E-state index in [-0.39, 0.29) is 37.5 Å². The van der Waals surface area contributed by atoms with Crippen molar-refractivity contribution in [2.45, 2.75) is 380 Å². The lowest BCUT2D eigenvalue weighted by atomic mass is 10.0. The number of carbonyl (C=O) groups excluding carboxylic acids is 3. The number of rotatable bonds is 66. The van der Waals surface area contributed by atoms with Crippen molar-refractivity contribution in [1.29, 1.82) is 0 Å². The van der Waals surface area contributed by atoms with Gasteiger partial charge in [-0.1, -0.05) is 344 Å². The maximum Gasteiger partial charge on any atom is 0.306 e. The van der Waals surface area contributed by atoms with E-state index >= 15 is 0 Å². The second-order valence-corrected chi connectivity index (χ2v) is 24.1. The van der Waals surface area contributed by atoms with Crippen LogP contribution in [-0.4, -0.2) is 37.2 Å². The van der Waals surface area contributed by atoms with E-state index in [1.54, 1.807) is 0 Å². The van der Waals surface area contributed by atoms with Gasteiger partial charge in [0.1, 0.15) is 13.2 Å². The van der Waals surface area contributed by atoms with Crippen LogP contribution >= 0.6 is 0 Å². The Morgan fingerprint density at radius 2 is 0.488 bits per heavy atom. The molecule has 0 aliphatic rings. The molecule has 0 N–H and O–H groups in total. The predicted molar refractivity (Wildman–Crippen MR) is 358 cm³/mol. The monoisotopic (exact) mass is 1150 g/mol. The minimum atomic E-state index is -0.804. The van der Waals surface area contributed by atoms with Gasteiger partial charge in [0.05, 0.1) is 0 Å². The van der Waals surface area contributed by atoms with Gasteiger partial charge in [-0.15, -0.1) is 0 Å². The highest BCUT2D eigenvalue weighted by Crippen LogP contribution is 2.18. The highest BCUT2D eigenvalue weighted by molar-refractivity contribution is 5.71. The number of carbonyl (C=O) groups is 3. The van der Waals surface area contributed by atoms with Crippen LogP contribution in [-0.2, 0) is 28.6 Å². The van der Waals surface area contributed by atoms with Gasteiger partial charge in [-0.2, -0.15) is 0 Å². The van der Waals surface area contributed by atoms with Crippen molar-refractivity contribution in [2.24, 2.45) is 0 Å². The topological polar surface area (TPSA) is 78.9 Å². The molecule has 6 heteroatoms. The number of allylic oxidation sites excluding steroid dienone is 12. The summed E-state index contributed by atoms with van der Waals surface area (Å²) in [6, 6.07) is 0. The van der Waals surface area contributed by atoms with E-state index in [9.17, 15) is 14.4 Å². The molecule has 0 rings (SSSR count). The van der Waals surface area contributed by atoms with Crippen LogP contribution in [0.4, 0.5) is 0 Å². The molecule has 0 saturated carbocycles. The molecular formula is C76H136O6. The Balaban J connectivity index is 4.24. The zero-order valence-electron chi connectivity index (χ0n) is 54.8. The van der Waals surface area contributed by atoms with Crippen LogP contribution in [0, 0.1) is 0 Å². The SMILES string of the molecule is CC/C=C\C/C=C\C/C=C\C/C=C\C/C=C\CCCC(=O)OC(COC(=O)CCCCCCCCCCCCCCCCCC)COC(=O)CCCCCCCCCCCCCCCCCCCCC/C=C\CCCCCCCCCC. The van der Waals surface area contributed by atoms with Crippen LogP contribution in [0.2, 0.25) is 0 Å². The number of unbranched alkanes of at least 4 members (excludes halogenated alkanes) is 43. The summed E-state index contributed by atoms with van der Waals surface area (Å²) in [5.41, 5.74) is 0. The average Bonchev–Trinajstić information content (AvgIpc) is 3.47. The zero-order chi connectivity index (χ0) is 59.2. The number of esters is 3. The van der Waals surface area contributed by atoms with Crippen molar-refractivity contribution in [2.75, 3.05) is 13.2 Å².